The van der Waals surface area contributed by atoms with E-state index in [0.29, 0.717) is 30.8 Å². The SMILES string of the molecule is O=CCCC(=O)N(C1CC1)C1c2ccccc2NC2CCCC21. The van der Waals surface area contributed by atoms with Crippen LogP contribution < -0.4 is 5.32 Å². The van der Waals surface area contributed by atoms with Gasteiger partial charge in [0.15, 0.2) is 0 Å². The number of amides is 1. The predicted molar refractivity (Wildman–Crippen MR) is 89.1 cm³/mol. The zero-order chi connectivity index (χ0) is 15.8. The number of hydrogen-bond acceptors (Lipinski definition) is 3. The summed E-state index contributed by atoms with van der Waals surface area (Å²) < 4.78 is 0. The Morgan fingerprint density at radius 2 is 2.04 bits per heavy atom. The summed E-state index contributed by atoms with van der Waals surface area (Å²) in [4.78, 5) is 25.7. The third kappa shape index (κ3) is 2.64. The van der Waals surface area contributed by atoms with Gasteiger partial charge in [-0.25, -0.2) is 0 Å². The van der Waals surface area contributed by atoms with Crippen LogP contribution in [-0.2, 0) is 9.59 Å². The van der Waals surface area contributed by atoms with E-state index in [1.807, 2.05) is 0 Å². The van der Waals surface area contributed by atoms with Crippen molar-refractivity contribution in [3.05, 3.63) is 29.8 Å². The lowest BCUT2D eigenvalue weighted by molar-refractivity contribution is -0.136. The zero-order valence-electron chi connectivity index (χ0n) is 13.4. The maximum absolute atomic E-state index is 12.8. The molecule has 3 aliphatic rings. The van der Waals surface area contributed by atoms with Gasteiger partial charge >= 0.3 is 0 Å². The fourth-order valence-corrected chi connectivity index (χ4v) is 4.47. The first kappa shape index (κ1) is 14.7. The van der Waals surface area contributed by atoms with Crippen molar-refractivity contribution in [1.29, 1.82) is 0 Å². The van der Waals surface area contributed by atoms with E-state index in [1.54, 1.807) is 0 Å². The third-order valence-electron chi connectivity index (χ3n) is 5.60. The first-order chi connectivity index (χ1) is 11.3. The van der Waals surface area contributed by atoms with E-state index in [0.717, 1.165) is 19.1 Å². The van der Waals surface area contributed by atoms with Crippen molar-refractivity contribution in [2.45, 2.75) is 63.1 Å². The van der Waals surface area contributed by atoms with Crippen molar-refractivity contribution in [1.82, 2.24) is 4.90 Å². The lowest BCUT2D eigenvalue weighted by Crippen LogP contribution is -2.46. The minimum Gasteiger partial charge on any atom is -0.382 e. The molecule has 0 bridgehead atoms. The number of para-hydroxylation sites is 1. The molecule has 3 unspecified atom stereocenters. The Morgan fingerprint density at radius 1 is 1.22 bits per heavy atom. The van der Waals surface area contributed by atoms with Crippen molar-refractivity contribution < 1.29 is 9.59 Å². The second-order valence-electron chi connectivity index (χ2n) is 7.12. The van der Waals surface area contributed by atoms with Crippen molar-refractivity contribution in [2.75, 3.05) is 5.32 Å². The number of nitrogens with one attached hydrogen (secondary N) is 1. The molecule has 0 saturated heterocycles. The van der Waals surface area contributed by atoms with Gasteiger partial charge in [-0.3, -0.25) is 4.79 Å². The molecule has 1 aromatic carbocycles. The van der Waals surface area contributed by atoms with Crippen molar-refractivity contribution >= 4 is 17.9 Å². The summed E-state index contributed by atoms with van der Waals surface area (Å²) >= 11 is 0. The van der Waals surface area contributed by atoms with Gasteiger partial charge in [-0.2, -0.15) is 0 Å². The molecule has 0 radical (unpaired) electrons. The van der Waals surface area contributed by atoms with Crippen LogP contribution in [0.4, 0.5) is 5.69 Å². The van der Waals surface area contributed by atoms with E-state index in [1.165, 1.54) is 30.5 Å². The van der Waals surface area contributed by atoms with Gasteiger partial charge in [-0.05, 0) is 37.3 Å². The molecular weight excluding hydrogens is 288 g/mol. The van der Waals surface area contributed by atoms with Crippen LogP contribution in [0.2, 0.25) is 0 Å². The highest BCUT2D eigenvalue weighted by Crippen LogP contribution is 2.50. The minimum absolute atomic E-state index is 0.159. The number of carbonyl (C=O) groups is 2. The fourth-order valence-electron chi connectivity index (χ4n) is 4.47. The van der Waals surface area contributed by atoms with Crippen LogP contribution >= 0.6 is 0 Å². The van der Waals surface area contributed by atoms with E-state index in [-0.39, 0.29) is 11.9 Å². The quantitative estimate of drug-likeness (QED) is 0.849. The molecule has 3 atom stereocenters. The summed E-state index contributed by atoms with van der Waals surface area (Å²) in [5, 5.41) is 3.69. The molecule has 4 heteroatoms. The summed E-state index contributed by atoms with van der Waals surface area (Å²) in [6.07, 6.45) is 7.36. The van der Waals surface area contributed by atoms with Crippen LogP contribution in [0.5, 0.6) is 0 Å². The van der Waals surface area contributed by atoms with E-state index in [4.69, 9.17) is 0 Å². The van der Waals surface area contributed by atoms with Gasteiger partial charge in [0.2, 0.25) is 5.91 Å². The molecule has 2 fully saturated rings. The number of hydrogen-bond donors (Lipinski definition) is 1. The summed E-state index contributed by atoms with van der Waals surface area (Å²) in [6, 6.07) is 9.49. The van der Waals surface area contributed by atoms with Crippen LogP contribution in [0.1, 0.15) is 56.6 Å². The van der Waals surface area contributed by atoms with Crippen LogP contribution in [-0.4, -0.2) is 29.2 Å². The molecule has 1 N–H and O–H groups in total. The molecule has 23 heavy (non-hydrogen) atoms. The fraction of sp³-hybridized carbons (Fsp3) is 0.579. The second-order valence-corrected chi connectivity index (χ2v) is 7.12. The standard InChI is InChI=1S/C19H24N2O2/c22-12-4-9-18(23)21(13-10-11-13)19-14-5-1-2-7-16(14)20-17-8-3-6-15(17)19/h1-2,5,7,12-13,15,17,19-20H,3-4,6,8-11H2. The highest BCUT2D eigenvalue weighted by atomic mass is 16.2. The average molecular weight is 312 g/mol. The Balaban J connectivity index is 1.71. The molecule has 0 spiro atoms. The summed E-state index contributed by atoms with van der Waals surface area (Å²) in [6.45, 7) is 0. The highest BCUT2D eigenvalue weighted by Gasteiger charge is 2.47. The van der Waals surface area contributed by atoms with E-state index >= 15 is 0 Å². The van der Waals surface area contributed by atoms with Crippen LogP contribution in [0, 0.1) is 5.92 Å². The van der Waals surface area contributed by atoms with E-state index < -0.39 is 0 Å². The van der Waals surface area contributed by atoms with Crippen LogP contribution in [0.25, 0.3) is 0 Å². The predicted octanol–water partition coefficient (Wildman–Crippen LogP) is 3.29. The average Bonchev–Trinajstić information content (AvgIpc) is 3.29. The minimum atomic E-state index is 0.159. The maximum Gasteiger partial charge on any atom is 0.223 e. The molecule has 2 saturated carbocycles. The normalized spacial score (nSPS) is 28.4. The van der Waals surface area contributed by atoms with Crippen molar-refractivity contribution in [3.63, 3.8) is 0 Å². The Kier molecular flexibility index (Phi) is 3.83. The van der Waals surface area contributed by atoms with Crippen LogP contribution in [0.3, 0.4) is 0 Å². The molecular formula is C19H24N2O2. The molecule has 1 aliphatic heterocycles. The Labute approximate surface area is 137 Å². The first-order valence-corrected chi connectivity index (χ1v) is 8.90. The Hall–Kier alpha value is -1.84. The topological polar surface area (TPSA) is 49.4 Å². The number of aldehydes is 1. The molecule has 1 heterocycles. The number of rotatable bonds is 5. The molecule has 1 amide bonds. The Bertz CT molecular complexity index is 611. The number of benzene rings is 1. The van der Waals surface area contributed by atoms with Gasteiger partial charge in [0.05, 0.1) is 6.04 Å². The molecule has 2 aliphatic carbocycles. The zero-order valence-corrected chi connectivity index (χ0v) is 13.4. The van der Waals surface area contributed by atoms with Gasteiger partial charge in [0.25, 0.3) is 0 Å². The number of nitrogens with zero attached hydrogens (tertiary/aromatic N) is 1. The number of fused-ring (bicyclic) bond motifs is 2. The van der Waals surface area contributed by atoms with Gasteiger partial charge in [0.1, 0.15) is 6.29 Å². The lowest BCUT2D eigenvalue weighted by atomic mass is 9.83. The first-order valence-electron chi connectivity index (χ1n) is 8.90. The van der Waals surface area contributed by atoms with Gasteiger partial charge in [0, 0.05) is 36.5 Å². The maximum atomic E-state index is 12.8. The smallest absolute Gasteiger partial charge is 0.223 e. The van der Waals surface area contributed by atoms with E-state index in [2.05, 4.69) is 34.5 Å². The van der Waals surface area contributed by atoms with Crippen molar-refractivity contribution in [3.8, 4) is 0 Å². The van der Waals surface area contributed by atoms with Gasteiger partial charge < -0.3 is 15.0 Å². The second kappa shape index (κ2) is 5.99. The largest absolute Gasteiger partial charge is 0.382 e. The van der Waals surface area contributed by atoms with E-state index in [9.17, 15) is 9.59 Å². The van der Waals surface area contributed by atoms with Gasteiger partial charge in [-0.15, -0.1) is 0 Å². The molecule has 4 rings (SSSR count). The molecule has 1 aromatic rings. The molecule has 122 valence electrons. The number of anilines is 1. The molecule has 4 nitrogen and oxygen atoms in total. The summed E-state index contributed by atoms with van der Waals surface area (Å²) in [5.74, 6) is 0.664. The number of carbonyl (C=O) groups excluding carboxylic acids is 2. The lowest BCUT2D eigenvalue weighted by Gasteiger charge is -2.43. The highest BCUT2D eigenvalue weighted by molar-refractivity contribution is 5.80. The Morgan fingerprint density at radius 3 is 2.83 bits per heavy atom. The molecule has 0 aromatic heterocycles. The van der Waals surface area contributed by atoms with Gasteiger partial charge in [-0.1, -0.05) is 24.6 Å². The monoisotopic (exact) mass is 312 g/mol. The summed E-state index contributed by atoms with van der Waals surface area (Å²) in [7, 11) is 0. The summed E-state index contributed by atoms with van der Waals surface area (Å²) in [5.41, 5.74) is 2.46. The third-order valence-corrected chi connectivity index (χ3v) is 5.60. The van der Waals surface area contributed by atoms with Crippen LogP contribution in [0.15, 0.2) is 24.3 Å². The van der Waals surface area contributed by atoms with Crippen molar-refractivity contribution in [2.24, 2.45) is 5.92 Å².